The lowest BCUT2D eigenvalue weighted by Gasteiger charge is -2.32. The Kier molecular flexibility index (Phi) is 8.83. The number of nitrogens with two attached hydrogens (primary N) is 1. The topological polar surface area (TPSA) is 81.4 Å². The average molecular weight is 528 g/mol. The molecule has 2 aromatic carbocycles. The van der Waals surface area contributed by atoms with Crippen LogP contribution in [-0.4, -0.2) is 27.6 Å². The van der Waals surface area contributed by atoms with Crippen molar-refractivity contribution in [2.75, 3.05) is 13.2 Å². The molecule has 1 aromatic heterocycles. The van der Waals surface area contributed by atoms with Crippen LogP contribution in [0.5, 0.6) is 5.75 Å². The first-order chi connectivity index (χ1) is 15.3. The van der Waals surface area contributed by atoms with Crippen LogP contribution in [0.3, 0.4) is 0 Å². The van der Waals surface area contributed by atoms with Gasteiger partial charge in [0, 0.05) is 28.4 Å². The highest BCUT2D eigenvalue weighted by atomic mass is 35.5. The van der Waals surface area contributed by atoms with E-state index < -0.39 is 10.0 Å². The first-order valence-electron chi connectivity index (χ1n) is 10.6. The number of ether oxygens (including phenoxy) is 1. The van der Waals surface area contributed by atoms with Crippen molar-refractivity contribution >= 4 is 45.4 Å². The van der Waals surface area contributed by atoms with Gasteiger partial charge in [-0.15, -0.1) is 23.7 Å². The molecule has 5 nitrogen and oxygen atoms in total. The molecule has 0 saturated carbocycles. The molecule has 0 saturated heterocycles. The molecule has 0 bridgehead atoms. The molecule has 0 radical (unpaired) electrons. The number of fused-ring (bicyclic) bond motifs is 1. The van der Waals surface area contributed by atoms with Gasteiger partial charge in [-0.1, -0.05) is 29.8 Å². The molecule has 3 aromatic rings. The SMILES string of the molecule is Cc1ccc(S(=O)(=O)NCCOc2ccc3c(c2)C(Cc2cccc(Cl)c2)C(N)CC3)s1.Cl. The molecule has 3 N–H and O–H groups in total. The van der Waals surface area contributed by atoms with E-state index in [0.717, 1.165) is 40.5 Å². The van der Waals surface area contributed by atoms with Crippen molar-refractivity contribution in [3.63, 3.8) is 0 Å². The van der Waals surface area contributed by atoms with Crippen molar-refractivity contribution in [2.45, 2.75) is 42.4 Å². The third-order valence-corrected chi connectivity index (χ3v) is 8.96. The molecule has 0 fully saturated rings. The van der Waals surface area contributed by atoms with E-state index in [-0.39, 0.29) is 37.5 Å². The standard InChI is InChI=1S/C24H27ClN2O3S2.ClH/c1-16-5-10-24(31-16)32(28,29)27-11-12-30-20-8-6-18-7-9-23(26)22(21(18)15-20)14-17-3-2-4-19(25)13-17;/h2-6,8,10,13,15,22-23,27H,7,9,11-12,14,26H2,1H3;1H. The van der Waals surface area contributed by atoms with Crippen LogP contribution in [0.15, 0.2) is 58.8 Å². The summed E-state index contributed by atoms with van der Waals surface area (Å²) in [5.74, 6) is 0.904. The number of rotatable bonds is 8. The zero-order chi connectivity index (χ0) is 22.7. The van der Waals surface area contributed by atoms with E-state index in [1.165, 1.54) is 22.5 Å². The van der Waals surface area contributed by atoms with Gasteiger partial charge in [0.2, 0.25) is 10.0 Å². The number of halogens is 2. The second-order valence-electron chi connectivity index (χ2n) is 8.12. The number of thiophene rings is 1. The lowest BCUT2D eigenvalue weighted by Crippen LogP contribution is -2.34. The maximum absolute atomic E-state index is 12.3. The van der Waals surface area contributed by atoms with Crippen LogP contribution in [0.4, 0.5) is 0 Å². The molecule has 1 aliphatic carbocycles. The minimum Gasteiger partial charge on any atom is -0.492 e. The lowest BCUT2D eigenvalue weighted by atomic mass is 9.76. The van der Waals surface area contributed by atoms with E-state index >= 15 is 0 Å². The van der Waals surface area contributed by atoms with E-state index in [1.807, 2.05) is 31.2 Å². The molecule has 0 spiro atoms. The molecular formula is C24H28Cl2N2O3S2. The predicted molar refractivity (Wildman–Crippen MR) is 138 cm³/mol. The van der Waals surface area contributed by atoms with Gasteiger partial charge >= 0.3 is 0 Å². The van der Waals surface area contributed by atoms with Gasteiger partial charge in [-0.2, -0.15) is 0 Å². The van der Waals surface area contributed by atoms with Gasteiger partial charge in [-0.25, -0.2) is 13.1 Å². The molecule has 1 aliphatic rings. The predicted octanol–water partition coefficient (Wildman–Crippen LogP) is 5.09. The summed E-state index contributed by atoms with van der Waals surface area (Å²) in [5.41, 5.74) is 10.2. The Bertz CT molecular complexity index is 1200. The van der Waals surface area contributed by atoms with E-state index in [2.05, 4.69) is 22.9 Å². The number of aryl methyl sites for hydroxylation is 2. The summed E-state index contributed by atoms with van der Waals surface area (Å²) in [6.07, 6.45) is 2.71. The monoisotopic (exact) mass is 526 g/mol. The molecule has 1 heterocycles. The molecule has 4 rings (SSSR count). The summed E-state index contributed by atoms with van der Waals surface area (Å²) in [7, 11) is -3.50. The zero-order valence-electron chi connectivity index (χ0n) is 18.3. The number of hydrogen-bond acceptors (Lipinski definition) is 5. The molecule has 2 atom stereocenters. The van der Waals surface area contributed by atoms with Gasteiger partial charge in [0.15, 0.2) is 0 Å². The number of benzene rings is 2. The van der Waals surface area contributed by atoms with Crippen molar-refractivity contribution in [1.29, 1.82) is 0 Å². The Labute approximate surface area is 210 Å². The third kappa shape index (κ3) is 6.50. The molecule has 0 amide bonds. The summed E-state index contributed by atoms with van der Waals surface area (Å²) >= 11 is 7.42. The largest absolute Gasteiger partial charge is 0.492 e. The van der Waals surface area contributed by atoms with Crippen LogP contribution in [0, 0.1) is 6.92 Å². The highest BCUT2D eigenvalue weighted by Gasteiger charge is 2.27. The maximum atomic E-state index is 12.3. The zero-order valence-corrected chi connectivity index (χ0v) is 21.5. The van der Waals surface area contributed by atoms with Gasteiger partial charge in [0.25, 0.3) is 0 Å². The van der Waals surface area contributed by atoms with Gasteiger partial charge in [-0.05, 0) is 79.3 Å². The number of nitrogens with one attached hydrogen (secondary N) is 1. The average Bonchev–Trinajstić information content (AvgIpc) is 3.21. The van der Waals surface area contributed by atoms with Crippen molar-refractivity contribution in [3.05, 3.63) is 81.2 Å². The van der Waals surface area contributed by atoms with Crippen LogP contribution in [-0.2, 0) is 22.9 Å². The van der Waals surface area contributed by atoms with Crippen molar-refractivity contribution in [1.82, 2.24) is 4.72 Å². The first-order valence-corrected chi connectivity index (χ1v) is 13.3. The maximum Gasteiger partial charge on any atom is 0.250 e. The van der Waals surface area contributed by atoms with Gasteiger partial charge in [-0.3, -0.25) is 0 Å². The quantitative estimate of drug-likeness (QED) is 0.400. The van der Waals surface area contributed by atoms with Gasteiger partial charge in [0.05, 0.1) is 0 Å². The number of hydrogen-bond donors (Lipinski definition) is 2. The fourth-order valence-corrected chi connectivity index (χ4v) is 6.70. The van der Waals surface area contributed by atoms with Crippen molar-refractivity contribution in [3.8, 4) is 5.75 Å². The Morgan fingerprint density at radius 1 is 1.18 bits per heavy atom. The smallest absolute Gasteiger partial charge is 0.250 e. The Morgan fingerprint density at radius 3 is 2.73 bits per heavy atom. The fourth-order valence-electron chi connectivity index (χ4n) is 4.14. The normalized spacial score (nSPS) is 17.8. The Hall–Kier alpha value is -1.61. The first kappa shape index (κ1) is 26.0. The molecular weight excluding hydrogens is 499 g/mol. The van der Waals surface area contributed by atoms with Crippen LogP contribution >= 0.6 is 35.3 Å². The van der Waals surface area contributed by atoms with Crippen molar-refractivity contribution < 1.29 is 13.2 Å². The van der Waals surface area contributed by atoms with E-state index in [4.69, 9.17) is 22.1 Å². The second-order valence-corrected chi connectivity index (χ2v) is 11.8. The lowest BCUT2D eigenvalue weighted by molar-refractivity contribution is 0.321. The van der Waals surface area contributed by atoms with E-state index in [9.17, 15) is 8.42 Å². The summed E-state index contributed by atoms with van der Waals surface area (Å²) in [5, 5.41) is 0.726. The summed E-state index contributed by atoms with van der Waals surface area (Å²) in [6, 6.07) is 17.5. The molecule has 178 valence electrons. The van der Waals surface area contributed by atoms with Gasteiger partial charge in [0.1, 0.15) is 16.6 Å². The van der Waals surface area contributed by atoms with Crippen LogP contribution < -0.4 is 15.2 Å². The molecule has 0 aliphatic heterocycles. The van der Waals surface area contributed by atoms with Gasteiger partial charge < -0.3 is 10.5 Å². The fraction of sp³-hybridized carbons (Fsp3) is 0.333. The Balaban J connectivity index is 0.00000306. The van der Waals surface area contributed by atoms with E-state index in [1.54, 1.807) is 12.1 Å². The number of sulfonamides is 1. The highest BCUT2D eigenvalue weighted by molar-refractivity contribution is 7.91. The van der Waals surface area contributed by atoms with Crippen molar-refractivity contribution in [2.24, 2.45) is 5.73 Å². The van der Waals surface area contributed by atoms with Crippen LogP contribution in [0.1, 0.15) is 33.9 Å². The third-order valence-electron chi connectivity index (χ3n) is 5.77. The minimum absolute atomic E-state index is 0. The Morgan fingerprint density at radius 2 is 2.00 bits per heavy atom. The van der Waals surface area contributed by atoms with E-state index in [0.29, 0.717) is 4.21 Å². The highest BCUT2D eigenvalue weighted by Crippen LogP contribution is 2.36. The summed E-state index contributed by atoms with van der Waals surface area (Å²) in [4.78, 5) is 0.959. The minimum atomic E-state index is -3.50. The molecule has 9 heteroatoms. The summed E-state index contributed by atoms with van der Waals surface area (Å²) < 4.78 is 33.5. The molecule has 33 heavy (non-hydrogen) atoms. The van der Waals surface area contributed by atoms with Crippen LogP contribution in [0.2, 0.25) is 5.02 Å². The second kappa shape index (κ2) is 11.2. The molecule has 2 unspecified atom stereocenters. The summed E-state index contributed by atoms with van der Waals surface area (Å²) in [6.45, 7) is 2.32. The van der Waals surface area contributed by atoms with Crippen LogP contribution in [0.25, 0.3) is 0 Å².